The molecule has 2 rings (SSSR count). The van der Waals surface area contributed by atoms with Crippen LogP contribution in [0.25, 0.3) is 0 Å². The molecule has 0 saturated heterocycles. The van der Waals surface area contributed by atoms with E-state index in [4.69, 9.17) is 11.6 Å². The summed E-state index contributed by atoms with van der Waals surface area (Å²) in [6.07, 6.45) is -4.58. The number of rotatable bonds is 2. The highest BCUT2D eigenvalue weighted by molar-refractivity contribution is 9.10. The molecule has 0 saturated carbocycles. The zero-order valence-electron chi connectivity index (χ0n) is 10.1. The maximum Gasteiger partial charge on any atom is 0.432 e. The highest BCUT2D eigenvalue weighted by Crippen LogP contribution is 2.29. The van der Waals surface area contributed by atoms with E-state index in [1.54, 1.807) is 25.1 Å². The second kappa shape index (κ2) is 5.29. The van der Waals surface area contributed by atoms with Gasteiger partial charge in [0, 0.05) is 10.5 Å². The molecule has 0 aliphatic heterocycles. The third kappa shape index (κ3) is 2.93. The first-order valence-electron chi connectivity index (χ1n) is 5.54. The summed E-state index contributed by atoms with van der Waals surface area (Å²) >= 11 is 9.09. The van der Waals surface area contributed by atoms with E-state index >= 15 is 0 Å². The van der Waals surface area contributed by atoms with E-state index in [1.807, 2.05) is 0 Å². The third-order valence-electron chi connectivity index (χ3n) is 2.86. The van der Waals surface area contributed by atoms with Gasteiger partial charge in [-0.1, -0.05) is 17.7 Å². The van der Waals surface area contributed by atoms with E-state index in [1.165, 1.54) is 0 Å². The number of hydrogen-bond acceptors (Lipinski definition) is 1. The Morgan fingerprint density at radius 2 is 2.00 bits per heavy atom. The van der Waals surface area contributed by atoms with Gasteiger partial charge in [0.1, 0.15) is 5.69 Å². The number of nitrogens with zero attached hydrogens (tertiary/aromatic N) is 1. The number of benzene rings is 1. The summed E-state index contributed by atoms with van der Waals surface area (Å²) in [5, 5.41) is 2.57. The van der Waals surface area contributed by atoms with Crippen molar-refractivity contribution in [2.75, 3.05) is 0 Å². The van der Waals surface area contributed by atoms with Crippen LogP contribution in [-0.4, -0.2) is 9.78 Å². The van der Waals surface area contributed by atoms with Crippen molar-refractivity contribution in [2.45, 2.75) is 19.1 Å². The molecule has 3 nitrogen and oxygen atoms in total. The zero-order chi connectivity index (χ0) is 15.1. The summed E-state index contributed by atoms with van der Waals surface area (Å²) in [6.45, 7) is 1.62. The summed E-state index contributed by atoms with van der Waals surface area (Å²) in [7, 11) is 0. The molecule has 2 aromatic rings. The third-order valence-corrected chi connectivity index (χ3v) is 4.08. The van der Waals surface area contributed by atoms with E-state index in [0.29, 0.717) is 21.1 Å². The molecule has 0 aliphatic rings. The van der Waals surface area contributed by atoms with E-state index in [-0.39, 0.29) is 0 Å². The molecule has 1 heterocycles. The molecule has 8 heteroatoms. The van der Waals surface area contributed by atoms with Crippen LogP contribution in [0.5, 0.6) is 0 Å². The Labute approximate surface area is 125 Å². The molecule has 20 heavy (non-hydrogen) atoms. The first-order valence-corrected chi connectivity index (χ1v) is 6.71. The SMILES string of the molecule is CC(c1ccc(Cl)c(Br)c1)n1[nH]c(C(F)(F)F)cc1=O. The standard InChI is InChI=1S/C12H9BrClF3N2O/c1-6(7-2-3-9(14)8(13)4-7)19-11(20)5-10(18-19)12(15,16)17/h2-6,18H,1H3. The van der Waals surface area contributed by atoms with Crippen molar-refractivity contribution in [3.63, 3.8) is 0 Å². The van der Waals surface area contributed by atoms with Gasteiger partial charge in [-0.3, -0.25) is 9.89 Å². The average Bonchev–Trinajstić information content (AvgIpc) is 2.74. The molecule has 0 amide bonds. The van der Waals surface area contributed by atoms with Crippen LogP contribution in [0.3, 0.4) is 0 Å². The number of nitrogens with one attached hydrogen (secondary N) is 1. The molecule has 1 aromatic heterocycles. The molecule has 0 radical (unpaired) electrons. The van der Waals surface area contributed by atoms with Gasteiger partial charge in [0.25, 0.3) is 5.56 Å². The van der Waals surface area contributed by atoms with Crippen molar-refractivity contribution >= 4 is 27.5 Å². The van der Waals surface area contributed by atoms with Gasteiger partial charge >= 0.3 is 6.18 Å². The lowest BCUT2D eigenvalue weighted by Crippen LogP contribution is -2.21. The Balaban J connectivity index is 2.43. The van der Waals surface area contributed by atoms with Crippen molar-refractivity contribution in [3.05, 3.63) is 55.4 Å². The number of aromatic amines is 1. The van der Waals surface area contributed by atoms with Crippen molar-refractivity contribution in [2.24, 2.45) is 0 Å². The fourth-order valence-electron chi connectivity index (χ4n) is 1.76. The minimum absolute atomic E-state index is 0.482. The number of H-pyrrole nitrogens is 1. The van der Waals surface area contributed by atoms with Crippen molar-refractivity contribution < 1.29 is 13.2 Å². The van der Waals surface area contributed by atoms with E-state index in [2.05, 4.69) is 21.0 Å². The maximum absolute atomic E-state index is 12.6. The molecule has 0 aliphatic carbocycles. The number of aromatic nitrogens is 2. The van der Waals surface area contributed by atoms with Gasteiger partial charge in [0.05, 0.1) is 11.1 Å². The molecule has 0 bridgehead atoms. The Kier molecular flexibility index (Phi) is 4.02. The van der Waals surface area contributed by atoms with E-state index in [0.717, 1.165) is 4.68 Å². The second-order valence-electron chi connectivity index (χ2n) is 4.23. The molecular formula is C12H9BrClF3N2O. The van der Waals surface area contributed by atoms with Gasteiger partial charge in [0.2, 0.25) is 0 Å². The van der Waals surface area contributed by atoms with Crippen LogP contribution >= 0.6 is 27.5 Å². The lowest BCUT2D eigenvalue weighted by Gasteiger charge is -2.14. The molecule has 0 fully saturated rings. The van der Waals surface area contributed by atoms with Gasteiger partial charge < -0.3 is 0 Å². The monoisotopic (exact) mass is 368 g/mol. The van der Waals surface area contributed by atoms with Crippen LogP contribution in [0.2, 0.25) is 5.02 Å². The fourth-order valence-corrected chi connectivity index (χ4v) is 2.28. The summed E-state index contributed by atoms with van der Waals surface area (Å²) in [5.41, 5.74) is -1.16. The smallest absolute Gasteiger partial charge is 0.291 e. The molecule has 1 aromatic carbocycles. The molecule has 0 spiro atoms. The predicted molar refractivity (Wildman–Crippen MR) is 73.0 cm³/mol. The van der Waals surface area contributed by atoms with Crippen LogP contribution in [0.15, 0.2) is 33.5 Å². The Morgan fingerprint density at radius 3 is 2.50 bits per heavy atom. The fraction of sp³-hybridized carbons (Fsp3) is 0.250. The molecule has 1 N–H and O–H groups in total. The summed E-state index contributed by atoms with van der Waals surface area (Å²) < 4.78 is 39.2. The Morgan fingerprint density at radius 1 is 1.35 bits per heavy atom. The lowest BCUT2D eigenvalue weighted by molar-refractivity contribution is -0.141. The van der Waals surface area contributed by atoms with Crippen LogP contribution < -0.4 is 5.56 Å². The predicted octanol–water partition coefficient (Wildman–Crippen LogP) is 4.22. The molecule has 1 atom stereocenters. The van der Waals surface area contributed by atoms with Crippen molar-refractivity contribution in [1.29, 1.82) is 0 Å². The van der Waals surface area contributed by atoms with Crippen LogP contribution in [-0.2, 0) is 6.18 Å². The summed E-state index contributed by atoms with van der Waals surface area (Å²) in [5.74, 6) is 0. The van der Waals surface area contributed by atoms with Gasteiger partial charge in [-0.25, -0.2) is 4.68 Å². The molecule has 108 valence electrons. The van der Waals surface area contributed by atoms with E-state index < -0.39 is 23.5 Å². The quantitative estimate of drug-likeness (QED) is 0.845. The minimum Gasteiger partial charge on any atom is -0.291 e. The van der Waals surface area contributed by atoms with Gasteiger partial charge in [-0.2, -0.15) is 13.2 Å². The summed E-state index contributed by atoms with van der Waals surface area (Å²) in [6, 6.07) is 4.89. The van der Waals surface area contributed by atoms with E-state index in [9.17, 15) is 18.0 Å². The van der Waals surface area contributed by atoms with Crippen molar-refractivity contribution in [3.8, 4) is 0 Å². The van der Waals surface area contributed by atoms with Crippen LogP contribution in [0.1, 0.15) is 24.2 Å². The van der Waals surface area contributed by atoms with Gasteiger partial charge in [0.15, 0.2) is 0 Å². The minimum atomic E-state index is -4.58. The Hall–Kier alpha value is -1.21. The Bertz CT molecular complexity index is 693. The lowest BCUT2D eigenvalue weighted by atomic mass is 10.1. The topological polar surface area (TPSA) is 37.8 Å². The molecule has 1 unspecified atom stereocenters. The largest absolute Gasteiger partial charge is 0.432 e. The normalized spacial score (nSPS) is 13.5. The average molecular weight is 370 g/mol. The van der Waals surface area contributed by atoms with Gasteiger partial charge in [-0.15, -0.1) is 0 Å². The molecular weight excluding hydrogens is 360 g/mol. The highest BCUT2D eigenvalue weighted by atomic mass is 79.9. The highest BCUT2D eigenvalue weighted by Gasteiger charge is 2.34. The zero-order valence-corrected chi connectivity index (χ0v) is 12.5. The number of halogens is 5. The van der Waals surface area contributed by atoms with Crippen LogP contribution in [0.4, 0.5) is 13.2 Å². The van der Waals surface area contributed by atoms with Gasteiger partial charge in [-0.05, 0) is 40.5 Å². The first-order chi connectivity index (χ1) is 9.20. The number of alkyl halides is 3. The first kappa shape index (κ1) is 15.2. The van der Waals surface area contributed by atoms with Crippen LogP contribution in [0, 0.1) is 0 Å². The maximum atomic E-state index is 12.6. The summed E-state index contributed by atoms with van der Waals surface area (Å²) in [4.78, 5) is 11.6. The number of hydrogen-bond donors (Lipinski definition) is 1. The van der Waals surface area contributed by atoms with Crippen molar-refractivity contribution in [1.82, 2.24) is 9.78 Å². The second-order valence-corrected chi connectivity index (χ2v) is 5.49.